The van der Waals surface area contributed by atoms with E-state index in [0.29, 0.717) is 18.7 Å². The molecule has 0 bridgehead atoms. The molecule has 1 aliphatic heterocycles. The number of rotatable bonds is 4. The number of hydrogen-bond acceptors (Lipinski definition) is 4. The first-order valence-electron chi connectivity index (χ1n) is 9.50. The van der Waals surface area contributed by atoms with Crippen molar-refractivity contribution >= 4 is 5.91 Å². The van der Waals surface area contributed by atoms with E-state index in [1.807, 2.05) is 22.8 Å². The van der Waals surface area contributed by atoms with Crippen LogP contribution in [0.15, 0.2) is 29.2 Å². The number of hydrogen-bond donors (Lipinski definition) is 0. The molecule has 0 N–H and O–H groups in total. The molecule has 140 valence electrons. The molecule has 1 aliphatic carbocycles. The maximum absolute atomic E-state index is 12.8. The van der Waals surface area contributed by atoms with Crippen LogP contribution < -0.4 is 0 Å². The first-order valence-corrected chi connectivity index (χ1v) is 9.50. The Morgan fingerprint density at radius 2 is 2.22 bits per heavy atom. The molecule has 3 aromatic rings. The topological polar surface area (TPSA) is 69.1 Å². The quantitative estimate of drug-likeness (QED) is 0.713. The van der Waals surface area contributed by atoms with Crippen LogP contribution in [-0.4, -0.2) is 36.7 Å². The highest BCUT2D eigenvalue weighted by Crippen LogP contribution is 2.35. The van der Waals surface area contributed by atoms with E-state index in [1.54, 1.807) is 6.07 Å². The number of amides is 1. The number of imidazole rings is 1. The van der Waals surface area contributed by atoms with Crippen molar-refractivity contribution in [2.24, 2.45) is 13.0 Å². The summed E-state index contributed by atoms with van der Waals surface area (Å²) < 4.78 is 9.32. The zero-order valence-corrected chi connectivity index (χ0v) is 15.7. The summed E-state index contributed by atoms with van der Waals surface area (Å²) in [7, 11) is 1.98. The first kappa shape index (κ1) is 16.4. The van der Waals surface area contributed by atoms with Crippen LogP contribution in [0.2, 0.25) is 0 Å². The van der Waals surface area contributed by atoms with Crippen LogP contribution in [0.5, 0.6) is 0 Å². The molecule has 0 aromatic carbocycles. The van der Waals surface area contributed by atoms with Gasteiger partial charge in [-0.3, -0.25) is 9.48 Å². The molecule has 0 radical (unpaired) electrons. The van der Waals surface area contributed by atoms with E-state index in [-0.39, 0.29) is 5.91 Å². The molecule has 0 saturated heterocycles. The van der Waals surface area contributed by atoms with Crippen LogP contribution in [0.3, 0.4) is 0 Å². The molecule has 4 heterocycles. The van der Waals surface area contributed by atoms with Crippen molar-refractivity contribution in [1.29, 1.82) is 0 Å². The van der Waals surface area contributed by atoms with Crippen LogP contribution in [-0.2, 0) is 26.6 Å². The van der Waals surface area contributed by atoms with Gasteiger partial charge in [-0.05, 0) is 31.7 Å². The fraction of sp³-hybridized carbons (Fsp3) is 0.450. The molecule has 1 saturated carbocycles. The van der Waals surface area contributed by atoms with Crippen molar-refractivity contribution in [3.05, 3.63) is 47.3 Å². The Labute approximate surface area is 157 Å². The third kappa shape index (κ3) is 2.78. The van der Waals surface area contributed by atoms with Crippen molar-refractivity contribution < 1.29 is 9.21 Å². The van der Waals surface area contributed by atoms with E-state index in [1.165, 1.54) is 36.8 Å². The van der Waals surface area contributed by atoms with Gasteiger partial charge >= 0.3 is 0 Å². The summed E-state index contributed by atoms with van der Waals surface area (Å²) in [5, 5.41) is 4.80. The Morgan fingerprint density at radius 1 is 1.37 bits per heavy atom. The number of nitrogens with zero attached hydrogens (tertiary/aromatic N) is 5. The minimum Gasteiger partial charge on any atom is -0.472 e. The molecular formula is C20H23N5O2. The summed E-state index contributed by atoms with van der Waals surface area (Å²) in [4.78, 5) is 19.3. The highest BCUT2D eigenvalue weighted by atomic mass is 16.3. The van der Waals surface area contributed by atoms with Crippen LogP contribution in [0.4, 0.5) is 0 Å². The third-order valence-electron chi connectivity index (χ3n) is 5.70. The molecule has 0 atom stereocenters. The molecule has 0 spiro atoms. The van der Waals surface area contributed by atoms with Gasteiger partial charge in [0.15, 0.2) is 5.82 Å². The lowest BCUT2D eigenvalue weighted by Gasteiger charge is -2.27. The van der Waals surface area contributed by atoms with Crippen LogP contribution in [0.1, 0.15) is 40.2 Å². The number of carbonyl (C=O) groups excluding carboxylic acids is 1. The van der Waals surface area contributed by atoms with Gasteiger partial charge in [-0.2, -0.15) is 5.10 Å². The lowest BCUT2D eigenvalue weighted by molar-refractivity contribution is 0.0733. The number of carbonyl (C=O) groups is 1. The fourth-order valence-corrected chi connectivity index (χ4v) is 3.95. The van der Waals surface area contributed by atoms with E-state index in [0.717, 1.165) is 36.0 Å². The monoisotopic (exact) mass is 365 g/mol. The second-order valence-electron chi connectivity index (χ2n) is 7.66. The van der Waals surface area contributed by atoms with Gasteiger partial charge in [0.25, 0.3) is 5.91 Å². The summed E-state index contributed by atoms with van der Waals surface area (Å²) >= 11 is 0. The van der Waals surface area contributed by atoms with Gasteiger partial charge in [-0.25, -0.2) is 4.98 Å². The second-order valence-corrected chi connectivity index (χ2v) is 7.66. The molecule has 1 fully saturated rings. The minimum atomic E-state index is 0.00158. The molecule has 2 aliphatic rings. The van der Waals surface area contributed by atoms with E-state index < -0.39 is 0 Å². The maximum atomic E-state index is 12.8. The van der Waals surface area contributed by atoms with Gasteiger partial charge in [-0.15, -0.1) is 0 Å². The van der Waals surface area contributed by atoms with Crippen molar-refractivity contribution in [3.8, 4) is 11.5 Å². The lowest BCUT2D eigenvalue weighted by Crippen LogP contribution is -2.36. The van der Waals surface area contributed by atoms with Crippen molar-refractivity contribution in [1.82, 2.24) is 24.2 Å². The predicted molar refractivity (Wildman–Crippen MR) is 99.0 cm³/mol. The van der Waals surface area contributed by atoms with Gasteiger partial charge in [0.2, 0.25) is 0 Å². The first-order chi connectivity index (χ1) is 13.1. The Balaban J connectivity index is 1.51. The largest absolute Gasteiger partial charge is 0.472 e. The highest BCUT2D eigenvalue weighted by Gasteiger charge is 2.31. The summed E-state index contributed by atoms with van der Waals surface area (Å²) in [6.45, 7) is 4.34. The van der Waals surface area contributed by atoms with Crippen LogP contribution >= 0.6 is 0 Å². The standard InChI is InChI=1S/C20H23N5O2/c1-13-9-21-19(25(13)10-14-3-4-14)18-16-11-24(7-5-17(16)23(2)22-18)20(26)15-6-8-27-12-15/h6,8-9,12,14H,3-5,7,10-11H2,1-2H3. The van der Waals surface area contributed by atoms with Crippen molar-refractivity contribution in [3.63, 3.8) is 0 Å². The summed E-state index contributed by atoms with van der Waals surface area (Å²) in [6.07, 6.45) is 8.36. The Bertz CT molecular complexity index is 994. The number of aryl methyl sites for hydroxylation is 2. The maximum Gasteiger partial charge on any atom is 0.257 e. The Kier molecular flexibility index (Phi) is 3.70. The molecule has 27 heavy (non-hydrogen) atoms. The normalized spacial score (nSPS) is 16.6. The third-order valence-corrected chi connectivity index (χ3v) is 5.70. The Morgan fingerprint density at radius 3 is 2.96 bits per heavy atom. The fourth-order valence-electron chi connectivity index (χ4n) is 3.95. The predicted octanol–water partition coefficient (Wildman–Crippen LogP) is 2.79. The van der Waals surface area contributed by atoms with Gasteiger partial charge in [0.05, 0.1) is 18.4 Å². The van der Waals surface area contributed by atoms with Gasteiger partial charge in [0, 0.05) is 49.7 Å². The van der Waals surface area contributed by atoms with Crippen molar-refractivity contribution in [2.75, 3.05) is 6.54 Å². The Hall–Kier alpha value is -2.83. The van der Waals surface area contributed by atoms with Gasteiger partial charge in [0.1, 0.15) is 12.0 Å². The van der Waals surface area contributed by atoms with E-state index in [9.17, 15) is 4.79 Å². The summed E-state index contributed by atoms with van der Waals surface area (Å²) in [5.41, 5.74) is 4.97. The van der Waals surface area contributed by atoms with E-state index in [2.05, 4.69) is 16.5 Å². The number of fused-ring (bicyclic) bond motifs is 1. The highest BCUT2D eigenvalue weighted by molar-refractivity contribution is 5.94. The molecular weight excluding hydrogens is 342 g/mol. The molecule has 7 heteroatoms. The molecule has 1 amide bonds. The number of aromatic nitrogens is 4. The molecule has 0 unspecified atom stereocenters. The smallest absolute Gasteiger partial charge is 0.257 e. The second kappa shape index (κ2) is 6.11. The van der Waals surface area contributed by atoms with Crippen LogP contribution in [0, 0.1) is 12.8 Å². The summed E-state index contributed by atoms with van der Waals surface area (Å²) in [5.74, 6) is 1.69. The average molecular weight is 365 g/mol. The summed E-state index contributed by atoms with van der Waals surface area (Å²) in [6, 6.07) is 1.72. The molecule has 7 nitrogen and oxygen atoms in total. The average Bonchev–Trinajstić information content (AvgIpc) is 3.04. The van der Waals surface area contributed by atoms with E-state index in [4.69, 9.17) is 9.52 Å². The minimum absolute atomic E-state index is 0.00158. The number of furan rings is 1. The SMILES string of the molecule is Cc1cnc(-c2nn(C)c3c2CN(C(=O)c2ccoc2)CC3)n1CC1CC1. The zero-order chi connectivity index (χ0) is 18.5. The van der Waals surface area contributed by atoms with Gasteiger partial charge < -0.3 is 13.9 Å². The van der Waals surface area contributed by atoms with E-state index >= 15 is 0 Å². The molecule has 5 rings (SSSR count). The van der Waals surface area contributed by atoms with Gasteiger partial charge in [-0.1, -0.05) is 0 Å². The lowest BCUT2D eigenvalue weighted by atomic mass is 10.0. The molecule has 3 aromatic heterocycles. The van der Waals surface area contributed by atoms with Crippen LogP contribution in [0.25, 0.3) is 11.5 Å². The zero-order valence-electron chi connectivity index (χ0n) is 15.7. The van der Waals surface area contributed by atoms with Crippen molar-refractivity contribution in [2.45, 2.75) is 39.3 Å².